The quantitative estimate of drug-likeness (QED) is 0.609. The molecule has 0 spiro atoms. The number of esters is 1. The Bertz CT molecular complexity index is 857. The molecule has 7 heteroatoms. The maximum atomic E-state index is 13.4. The Labute approximate surface area is 193 Å². The molecule has 0 aromatic heterocycles. The number of hydrogen-bond acceptors (Lipinski definition) is 6. The summed E-state index contributed by atoms with van der Waals surface area (Å²) in [6, 6.07) is -0.868. The molecule has 0 unspecified atom stereocenters. The average molecular weight is 467 g/mol. The van der Waals surface area contributed by atoms with Gasteiger partial charge in [0.1, 0.15) is 6.01 Å². The zero-order valence-corrected chi connectivity index (χ0v) is 20.3. The third-order valence-electron chi connectivity index (χ3n) is 9.49. The van der Waals surface area contributed by atoms with Crippen molar-refractivity contribution >= 4 is 28.6 Å². The van der Waals surface area contributed by atoms with E-state index < -0.39 is 34.2 Å². The second-order valence-corrected chi connectivity index (χ2v) is 11.7. The summed E-state index contributed by atoms with van der Waals surface area (Å²) in [5, 5.41) is 11.1. The number of allylic oxidation sites excluding steroid dienone is 1. The number of aliphatic hydroxyl groups is 1. The number of fused-ring (bicyclic) bond motifs is 5. The van der Waals surface area contributed by atoms with Gasteiger partial charge >= 0.3 is 5.97 Å². The van der Waals surface area contributed by atoms with Crippen LogP contribution in [0.15, 0.2) is 11.6 Å². The van der Waals surface area contributed by atoms with Crippen molar-refractivity contribution in [2.75, 3.05) is 6.01 Å². The fraction of sp³-hybridized carbons (Fsp3) is 0.800. The lowest BCUT2D eigenvalue weighted by atomic mass is 9.45. The molecule has 0 aromatic carbocycles. The van der Waals surface area contributed by atoms with E-state index in [-0.39, 0.29) is 41.3 Å². The summed E-state index contributed by atoms with van der Waals surface area (Å²) in [5.41, 5.74) is -1.29. The molecule has 32 heavy (non-hydrogen) atoms. The number of aliphatic hydroxyl groups excluding tert-OH is 1. The van der Waals surface area contributed by atoms with Crippen molar-refractivity contribution in [3.63, 3.8) is 0 Å². The van der Waals surface area contributed by atoms with Crippen molar-refractivity contribution in [3.8, 4) is 0 Å². The number of thioether (sulfide) groups is 1. The van der Waals surface area contributed by atoms with Crippen molar-refractivity contribution in [1.29, 1.82) is 0 Å². The highest BCUT2D eigenvalue weighted by atomic mass is 32.2. The van der Waals surface area contributed by atoms with Gasteiger partial charge in [-0.1, -0.05) is 33.3 Å². The first kappa shape index (κ1) is 23.9. The van der Waals surface area contributed by atoms with E-state index in [4.69, 9.17) is 4.74 Å². The SMILES string of the molecule is CCC(=O)O[C@]1(C(=O)SCF)[C@@H](C)C[C@H]2[C@@H]3CCC4=CC(=O)CC[C@]4(C)[C@H]3[C@@H](O)C[C@@]21C. The number of ketones is 1. The molecule has 3 saturated carbocycles. The van der Waals surface area contributed by atoms with Gasteiger partial charge in [-0.2, -0.15) is 0 Å². The van der Waals surface area contributed by atoms with E-state index in [9.17, 15) is 23.9 Å². The Morgan fingerprint density at radius 1 is 1.31 bits per heavy atom. The molecule has 0 heterocycles. The Morgan fingerprint density at radius 3 is 2.69 bits per heavy atom. The minimum atomic E-state index is -1.44. The largest absolute Gasteiger partial charge is 0.449 e. The fourth-order valence-corrected chi connectivity index (χ4v) is 8.90. The molecule has 5 nitrogen and oxygen atoms in total. The van der Waals surface area contributed by atoms with E-state index in [2.05, 4.69) is 6.92 Å². The third-order valence-corrected chi connectivity index (χ3v) is 10.2. The van der Waals surface area contributed by atoms with Crippen molar-refractivity contribution < 1.29 is 28.6 Å². The van der Waals surface area contributed by atoms with Crippen LogP contribution in [0.4, 0.5) is 4.39 Å². The predicted octanol–water partition coefficient (Wildman–Crippen LogP) is 4.61. The molecule has 4 aliphatic carbocycles. The summed E-state index contributed by atoms with van der Waals surface area (Å²) >= 11 is 0.575. The van der Waals surface area contributed by atoms with Gasteiger partial charge in [-0.3, -0.25) is 14.4 Å². The summed E-state index contributed by atoms with van der Waals surface area (Å²) in [6.07, 6.45) is 5.17. The van der Waals surface area contributed by atoms with Crippen molar-refractivity contribution in [2.45, 2.75) is 84.3 Å². The van der Waals surface area contributed by atoms with E-state index in [1.54, 1.807) is 13.0 Å². The monoisotopic (exact) mass is 466 g/mol. The smallest absolute Gasteiger partial charge is 0.306 e. The fourth-order valence-electron chi connectivity index (χ4n) is 8.11. The van der Waals surface area contributed by atoms with Gasteiger partial charge in [0, 0.05) is 24.2 Å². The van der Waals surface area contributed by atoms with Gasteiger partial charge in [0.2, 0.25) is 5.12 Å². The predicted molar refractivity (Wildman–Crippen MR) is 120 cm³/mol. The highest BCUT2D eigenvalue weighted by molar-refractivity contribution is 8.13. The van der Waals surface area contributed by atoms with Crippen LogP contribution < -0.4 is 0 Å². The van der Waals surface area contributed by atoms with E-state index >= 15 is 0 Å². The molecular weight excluding hydrogens is 431 g/mol. The molecule has 178 valence electrons. The van der Waals surface area contributed by atoms with Crippen LogP contribution in [0.25, 0.3) is 0 Å². The molecule has 0 aliphatic heterocycles. The normalized spacial score (nSPS) is 45.4. The summed E-state index contributed by atoms with van der Waals surface area (Å²) in [5.74, 6) is -0.317. The highest BCUT2D eigenvalue weighted by Gasteiger charge is 2.73. The molecule has 8 atom stereocenters. The molecule has 0 aromatic rings. The lowest BCUT2D eigenvalue weighted by Gasteiger charge is -2.60. The van der Waals surface area contributed by atoms with Crippen LogP contribution in [0.5, 0.6) is 0 Å². The van der Waals surface area contributed by atoms with Crippen molar-refractivity contribution in [2.24, 2.45) is 34.5 Å². The Kier molecular flexibility index (Phi) is 6.15. The first-order valence-electron chi connectivity index (χ1n) is 11.9. The minimum absolute atomic E-state index is 0.00230. The second kappa shape index (κ2) is 8.23. The molecular formula is C25H35FO5S. The van der Waals surface area contributed by atoms with Gasteiger partial charge < -0.3 is 9.84 Å². The zero-order chi connectivity index (χ0) is 23.5. The number of carbonyl (C=O) groups excluding carboxylic acids is 3. The molecule has 0 radical (unpaired) electrons. The first-order chi connectivity index (χ1) is 15.0. The molecule has 4 aliphatic rings. The van der Waals surface area contributed by atoms with E-state index in [0.29, 0.717) is 31.0 Å². The summed E-state index contributed by atoms with van der Waals surface area (Å²) in [6.45, 7) is 7.77. The molecule has 0 saturated heterocycles. The van der Waals surface area contributed by atoms with Gasteiger partial charge in [0.15, 0.2) is 11.4 Å². The van der Waals surface area contributed by atoms with Crippen LogP contribution >= 0.6 is 11.8 Å². The summed E-state index contributed by atoms with van der Waals surface area (Å²) in [4.78, 5) is 38.0. The number of carbonyl (C=O) groups is 3. The van der Waals surface area contributed by atoms with Crippen molar-refractivity contribution in [1.82, 2.24) is 0 Å². The maximum absolute atomic E-state index is 13.4. The van der Waals surface area contributed by atoms with Crippen LogP contribution in [-0.2, 0) is 19.1 Å². The summed E-state index contributed by atoms with van der Waals surface area (Å²) in [7, 11) is 0. The van der Waals surface area contributed by atoms with E-state index in [0.717, 1.165) is 24.8 Å². The Morgan fingerprint density at radius 2 is 2.03 bits per heavy atom. The Balaban J connectivity index is 1.78. The third kappa shape index (κ3) is 3.17. The number of ether oxygens (including phenoxy) is 1. The number of halogens is 1. The van der Waals surface area contributed by atoms with Gasteiger partial charge in [-0.15, -0.1) is 0 Å². The zero-order valence-electron chi connectivity index (χ0n) is 19.5. The van der Waals surface area contributed by atoms with Crippen LogP contribution in [0.3, 0.4) is 0 Å². The number of hydrogen-bond donors (Lipinski definition) is 1. The molecule has 0 bridgehead atoms. The summed E-state index contributed by atoms with van der Waals surface area (Å²) < 4.78 is 19.3. The second-order valence-electron chi connectivity index (χ2n) is 10.8. The average Bonchev–Trinajstić information content (AvgIpc) is 2.95. The lowest BCUT2D eigenvalue weighted by Crippen LogP contribution is -2.63. The van der Waals surface area contributed by atoms with Crippen molar-refractivity contribution in [3.05, 3.63) is 11.6 Å². The van der Waals surface area contributed by atoms with Gasteiger partial charge in [-0.25, -0.2) is 4.39 Å². The van der Waals surface area contributed by atoms with Gasteiger partial charge in [0.25, 0.3) is 0 Å². The van der Waals surface area contributed by atoms with E-state index in [1.807, 2.05) is 13.8 Å². The minimum Gasteiger partial charge on any atom is -0.449 e. The molecule has 1 N–H and O–H groups in total. The maximum Gasteiger partial charge on any atom is 0.306 e. The van der Waals surface area contributed by atoms with Gasteiger partial charge in [-0.05, 0) is 73.1 Å². The van der Waals surface area contributed by atoms with Gasteiger partial charge in [0.05, 0.1) is 6.10 Å². The molecule has 4 rings (SSSR count). The van der Waals surface area contributed by atoms with Crippen LogP contribution in [0.1, 0.15) is 72.6 Å². The standard InChI is InChI=1S/C25H35FO5S/c1-5-20(29)31-25(22(30)32-13-26)14(2)10-18-17-7-6-15-11-16(27)8-9-23(15,3)21(17)19(28)12-24(18,25)4/h11,14,17-19,21,28H,5-10,12-13H2,1-4H3/t14-,17-,18-,19-,21+,23-,24-,25-/m0/s1. The van der Waals surface area contributed by atoms with Crippen LogP contribution in [0, 0.1) is 34.5 Å². The van der Waals surface area contributed by atoms with Crippen LogP contribution in [-0.4, -0.2) is 39.7 Å². The topological polar surface area (TPSA) is 80.7 Å². The highest BCUT2D eigenvalue weighted by Crippen LogP contribution is 2.70. The lowest BCUT2D eigenvalue weighted by molar-refractivity contribution is -0.201. The Hall–Kier alpha value is -1.21. The number of alkyl halides is 1. The molecule has 0 amide bonds. The van der Waals surface area contributed by atoms with E-state index in [1.165, 1.54) is 0 Å². The number of rotatable bonds is 4. The van der Waals surface area contributed by atoms with Crippen LogP contribution in [0.2, 0.25) is 0 Å². The molecule has 3 fully saturated rings. The first-order valence-corrected chi connectivity index (χ1v) is 12.9.